The molecule has 1 fully saturated rings. The summed E-state index contributed by atoms with van der Waals surface area (Å²) in [5.41, 5.74) is 0.568. The van der Waals surface area contributed by atoms with Crippen LogP contribution in [0.5, 0.6) is 0 Å². The molecule has 1 N–H and O–H groups in total. The van der Waals surface area contributed by atoms with Crippen LogP contribution in [0, 0.1) is 5.92 Å². The normalized spacial score (nSPS) is 16.8. The van der Waals surface area contributed by atoms with Gasteiger partial charge in [0.15, 0.2) is 3.92 Å². The first-order chi connectivity index (χ1) is 9.08. The third kappa shape index (κ3) is 4.00. The molecule has 0 bridgehead atoms. The van der Waals surface area contributed by atoms with Gasteiger partial charge in [0.05, 0.1) is 0 Å². The molecular weight excluding hydrogens is 328 g/mol. The van der Waals surface area contributed by atoms with Gasteiger partial charge in [0.25, 0.3) is 5.91 Å². The lowest BCUT2D eigenvalue weighted by Gasteiger charge is -2.22. The van der Waals surface area contributed by atoms with Crippen LogP contribution >= 0.6 is 27.3 Å². The Morgan fingerprint density at radius 3 is 2.84 bits per heavy atom. The van der Waals surface area contributed by atoms with Crippen LogP contribution in [0.1, 0.15) is 48.0 Å². The fourth-order valence-corrected chi connectivity index (χ4v) is 3.62. The van der Waals surface area contributed by atoms with Gasteiger partial charge in [-0.05, 0) is 40.6 Å². The summed E-state index contributed by atoms with van der Waals surface area (Å²) < 4.78 is 6.09. The van der Waals surface area contributed by atoms with E-state index in [1.165, 1.54) is 11.3 Å². The monoisotopic (exact) mass is 346 g/mol. The zero-order valence-electron chi connectivity index (χ0n) is 11.2. The topological polar surface area (TPSA) is 51.2 Å². The standard InChI is InChI=1S/C13H19BrN2O2S/c1-8(2)11-10(16-13(14)19-11)12(17)15-7-9-3-5-18-6-4-9/h8-9H,3-7H2,1-2H3,(H,15,17). The van der Waals surface area contributed by atoms with Gasteiger partial charge in [-0.2, -0.15) is 0 Å². The number of amides is 1. The minimum atomic E-state index is -0.0582. The maximum Gasteiger partial charge on any atom is 0.271 e. The highest BCUT2D eigenvalue weighted by atomic mass is 79.9. The molecule has 1 aliphatic rings. The predicted molar refractivity (Wildman–Crippen MR) is 79.8 cm³/mol. The lowest BCUT2D eigenvalue weighted by Crippen LogP contribution is -2.32. The predicted octanol–water partition coefficient (Wildman–Crippen LogP) is 3.19. The fraction of sp³-hybridized carbons (Fsp3) is 0.692. The van der Waals surface area contributed by atoms with Crippen LogP contribution in [0.2, 0.25) is 0 Å². The Kier molecular flexibility index (Phi) is 5.36. The van der Waals surface area contributed by atoms with E-state index in [1.54, 1.807) is 0 Å². The van der Waals surface area contributed by atoms with Crippen molar-refractivity contribution >= 4 is 33.2 Å². The molecule has 6 heteroatoms. The summed E-state index contributed by atoms with van der Waals surface area (Å²) in [7, 11) is 0. The first-order valence-corrected chi connectivity index (χ1v) is 8.21. The summed E-state index contributed by atoms with van der Waals surface area (Å²) in [6, 6.07) is 0. The van der Waals surface area contributed by atoms with E-state index in [4.69, 9.17) is 4.74 Å². The van der Waals surface area contributed by atoms with Gasteiger partial charge in [-0.25, -0.2) is 4.98 Å². The number of ether oxygens (including phenoxy) is 1. The van der Waals surface area contributed by atoms with Gasteiger partial charge in [0.1, 0.15) is 5.69 Å². The van der Waals surface area contributed by atoms with E-state index in [2.05, 4.69) is 40.1 Å². The zero-order chi connectivity index (χ0) is 13.8. The summed E-state index contributed by atoms with van der Waals surface area (Å²) in [6.07, 6.45) is 2.05. The number of thiazole rings is 1. The molecule has 0 aromatic carbocycles. The van der Waals surface area contributed by atoms with Gasteiger partial charge in [0.2, 0.25) is 0 Å². The van der Waals surface area contributed by atoms with Gasteiger partial charge in [-0.3, -0.25) is 4.79 Å². The van der Waals surface area contributed by atoms with Crippen molar-refractivity contribution in [2.24, 2.45) is 5.92 Å². The molecule has 0 atom stereocenters. The number of hydrogen-bond acceptors (Lipinski definition) is 4. The molecule has 1 aliphatic heterocycles. The minimum absolute atomic E-state index is 0.0582. The number of rotatable bonds is 4. The van der Waals surface area contributed by atoms with Crippen molar-refractivity contribution in [2.45, 2.75) is 32.6 Å². The van der Waals surface area contributed by atoms with E-state index in [0.29, 0.717) is 17.5 Å². The SMILES string of the molecule is CC(C)c1sc(Br)nc1C(=O)NCC1CCOCC1. The number of nitrogens with one attached hydrogen (secondary N) is 1. The Bertz CT molecular complexity index is 442. The third-order valence-corrected chi connectivity index (χ3v) is 5.07. The van der Waals surface area contributed by atoms with Crippen molar-refractivity contribution in [2.75, 3.05) is 19.8 Å². The Morgan fingerprint density at radius 1 is 1.53 bits per heavy atom. The van der Waals surface area contributed by atoms with Crippen LogP contribution in [0.25, 0.3) is 0 Å². The average molecular weight is 347 g/mol. The molecule has 1 saturated heterocycles. The molecule has 19 heavy (non-hydrogen) atoms. The van der Waals surface area contributed by atoms with Crippen LogP contribution in [-0.2, 0) is 4.74 Å². The molecule has 0 radical (unpaired) electrons. The molecule has 106 valence electrons. The van der Waals surface area contributed by atoms with Crippen molar-refractivity contribution in [1.29, 1.82) is 0 Å². The summed E-state index contributed by atoms with van der Waals surface area (Å²) in [5, 5.41) is 3.01. The van der Waals surface area contributed by atoms with E-state index in [9.17, 15) is 4.79 Å². The largest absolute Gasteiger partial charge is 0.381 e. The van der Waals surface area contributed by atoms with Crippen LogP contribution in [0.15, 0.2) is 3.92 Å². The van der Waals surface area contributed by atoms with Crippen LogP contribution in [0.4, 0.5) is 0 Å². The number of carbonyl (C=O) groups is 1. The number of carbonyl (C=O) groups excluding carboxylic acids is 1. The minimum Gasteiger partial charge on any atom is -0.381 e. The van der Waals surface area contributed by atoms with E-state index in [-0.39, 0.29) is 5.91 Å². The number of halogens is 1. The second-order valence-electron chi connectivity index (χ2n) is 5.10. The van der Waals surface area contributed by atoms with Crippen molar-refractivity contribution in [1.82, 2.24) is 10.3 Å². The smallest absolute Gasteiger partial charge is 0.271 e. The molecule has 0 spiro atoms. The molecule has 4 nitrogen and oxygen atoms in total. The van der Waals surface area contributed by atoms with Gasteiger partial charge in [-0.1, -0.05) is 13.8 Å². The quantitative estimate of drug-likeness (QED) is 0.910. The molecular formula is C13H19BrN2O2S. The summed E-state index contributed by atoms with van der Waals surface area (Å²) in [5.74, 6) is 0.784. The van der Waals surface area contributed by atoms with E-state index in [1.807, 2.05) is 0 Å². The molecule has 1 amide bonds. The Balaban J connectivity index is 1.95. The van der Waals surface area contributed by atoms with Crippen LogP contribution < -0.4 is 5.32 Å². The summed E-state index contributed by atoms with van der Waals surface area (Å²) in [4.78, 5) is 17.5. The Morgan fingerprint density at radius 2 is 2.21 bits per heavy atom. The van der Waals surface area contributed by atoms with Crippen molar-refractivity contribution < 1.29 is 9.53 Å². The van der Waals surface area contributed by atoms with Crippen molar-refractivity contribution in [3.8, 4) is 0 Å². The summed E-state index contributed by atoms with van der Waals surface area (Å²) >= 11 is 4.90. The average Bonchev–Trinajstić information content (AvgIpc) is 2.79. The molecule has 0 unspecified atom stereocenters. The summed E-state index contributed by atoms with van der Waals surface area (Å²) in [6.45, 7) is 6.49. The zero-order valence-corrected chi connectivity index (χ0v) is 13.6. The molecule has 2 rings (SSSR count). The lowest BCUT2D eigenvalue weighted by atomic mass is 10.0. The van der Waals surface area contributed by atoms with Crippen LogP contribution in [-0.4, -0.2) is 30.6 Å². The maximum absolute atomic E-state index is 12.2. The van der Waals surface area contributed by atoms with Crippen molar-refractivity contribution in [3.05, 3.63) is 14.5 Å². The fourth-order valence-electron chi connectivity index (χ4n) is 2.13. The highest BCUT2D eigenvalue weighted by Gasteiger charge is 2.21. The first-order valence-electron chi connectivity index (χ1n) is 6.60. The second kappa shape index (κ2) is 6.81. The highest BCUT2D eigenvalue weighted by Crippen LogP contribution is 2.29. The molecule has 2 heterocycles. The lowest BCUT2D eigenvalue weighted by molar-refractivity contribution is 0.0642. The van der Waals surface area contributed by atoms with E-state index >= 15 is 0 Å². The number of nitrogens with zero attached hydrogens (tertiary/aromatic N) is 1. The molecule has 1 aromatic rings. The number of aromatic nitrogens is 1. The molecule has 1 aromatic heterocycles. The Labute approximate surface area is 126 Å². The third-order valence-electron chi connectivity index (χ3n) is 3.26. The first kappa shape index (κ1) is 14.9. The van der Waals surface area contributed by atoms with E-state index in [0.717, 1.165) is 41.4 Å². The molecule has 0 saturated carbocycles. The van der Waals surface area contributed by atoms with Crippen LogP contribution in [0.3, 0.4) is 0 Å². The molecule has 0 aliphatic carbocycles. The highest BCUT2D eigenvalue weighted by molar-refractivity contribution is 9.11. The van der Waals surface area contributed by atoms with Gasteiger partial charge >= 0.3 is 0 Å². The van der Waals surface area contributed by atoms with E-state index < -0.39 is 0 Å². The maximum atomic E-state index is 12.2. The van der Waals surface area contributed by atoms with Gasteiger partial charge < -0.3 is 10.1 Å². The second-order valence-corrected chi connectivity index (χ2v) is 7.41. The van der Waals surface area contributed by atoms with Crippen molar-refractivity contribution in [3.63, 3.8) is 0 Å². The number of hydrogen-bond donors (Lipinski definition) is 1. The van der Waals surface area contributed by atoms with Gasteiger partial charge in [-0.15, -0.1) is 11.3 Å². The van der Waals surface area contributed by atoms with Gasteiger partial charge in [0, 0.05) is 24.6 Å². The Hall–Kier alpha value is -0.460.